The first kappa shape index (κ1) is 9.59. The monoisotopic (exact) mass is 144 g/mol. The average molecular weight is 144 g/mol. The second-order valence-corrected chi connectivity index (χ2v) is 2.72. The predicted octanol–water partition coefficient (Wildman–Crippen LogP) is -0.417. The van der Waals surface area contributed by atoms with Crippen molar-refractivity contribution in [3.05, 3.63) is 0 Å². The van der Waals surface area contributed by atoms with E-state index in [2.05, 4.69) is 5.32 Å². The molecule has 0 spiro atoms. The summed E-state index contributed by atoms with van der Waals surface area (Å²) in [5.74, 6) is 0.125. The normalized spacial score (nSPS) is 13.6. The Morgan fingerprint density at radius 3 is 2.50 bits per heavy atom. The van der Waals surface area contributed by atoms with Gasteiger partial charge in [-0.15, -0.1) is 0 Å². The molecule has 0 aliphatic carbocycles. The zero-order valence-electron chi connectivity index (χ0n) is 6.92. The van der Waals surface area contributed by atoms with Gasteiger partial charge in [-0.1, -0.05) is 0 Å². The van der Waals surface area contributed by atoms with Crippen LogP contribution in [0.4, 0.5) is 0 Å². The van der Waals surface area contributed by atoms with Gasteiger partial charge < -0.3 is 15.0 Å². The lowest BCUT2D eigenvalue weighted by molar-refractivity contribution is -0.111. The van der Waals surface area contributed by atoms with Crippen molar-refractivity contribution >= 4 is 6.29 Å². The molecule has 0 fully saturated rings. The summed E-state index contributed by atoms with van der Waals surface area (Å²) in [7, 11) is 5.78. The van der Waals surface area contributed by atoms with Crippen LogP contribution in [0.15, 0.2) is 0 Å². The van der Waals surface area contributed by atoms with Crippen LogP contribution in [0.3, 0.4) is 0 Å². The van der Waals surface area contributed by atoms with Gasteiger partial charge >= 0.3 is 0 Å². The summed E-state index contributed by atoms with van der Waals surface area (Å²) in [6, 6.07) is 0. The first-order chi connectivity index (χ1) is 4.70. The van der Waals surface area contributed by atoms with Crippen LogP contribution in [0.1, 0.15) is 0 Å². The summed E-state index contributed by atoms with van der Waals surface area (Å²) in [4.78, 5) is 12.4. The number of hydrogen-bond donors (Lipinski definition) is 1. The van der Waals surface area contributed by atoms with Crippen molar-refractivity contribution < 1.29 is 4.79 Å². The summed E-state index contributed by atoms with van der Waals surface area (Å²) >= 11 is 0. The maximum absolute atomic E-state index is 10.4. The highest BCUT2D eigenvalue weighted by Gasteiger charge is 2.05. The van der Waals surface area contributed by atoms with Gasteiger partial charge in [-0.05, 0) is 21.1 Å². The van der Waals surface area contributed by atoms with Crippen molar-refractivity contribution in [3.63, 3.8) is 0 Å². The summed E-state index contributed by atoms with van der Waals surface area (Å²) in [5.41, 5.74) is 0. The molecule has 3 heteroatoms. The minimum absolute atomic E-state index is 0.125. The third-order valence-electron chi connectivity index (χ3n) is 1.26. The van der Waals surface area contributed by atoms with Gasteiger partial charge in [0.1, 0.15) is 6.29 Å². The van der Waals surface area contributed by atoms with Crippen LogP contribution in [0.2, 0.25) is 0 Å². The Morgan fingerprint density at radius 2 is 2.20 bits per heavy atom. The van der Waals surface area contributed by atoms with Crippen molar-refractivity contribution in [2.24, 2.45) is 5.92 Å². The van der Waals surface area contributed by atoms with Gasteiger partial charge in [-0.2, -0.15) is 0 Å². The number of carbonyl (C=O) groups excluding carboxylic acids is 1. The quantitative estimate of drug-likeness (QED) is 0.532. The zero-order chi connectivity index (χ0) is 7.98. The summed E-state index contributed by atoms with van der Waals surface area (Å²) in [6.07, 6.45) is 0.997. The van der Waals surface area contributed by atoms with Gasteiger partial charge in [0.2, 0.25) is 0 Å². The molecule has 60 valence electrons. The van der Waals surface area contributed by atoms with Crippen LogP contribution in [0, 0.1) is 5.92 Å². The maximum atomic E-state index is 10.4. The van der Waals surface area contributed by atoms with Crippen LogP contribution in [0.25, 0.3) is 0 Å². The van der Waals surface area contributed by atoms with Crippen LogP contribution >= 0.6 is 0 Å². The lowest BCUT2D eigenvalue weighted by Gasteiger charge is -2.14. The number of nitrogens with zero attached hydrogens (tertiary/aromatic N) is 1. The highest BCUT2D eigenvalue weighted by atomic mass is 16.1. The molecule has 10 heavy (non-hydrogen) atoms. The third-order valence-corrected chi connectivity index (χ3v) is 1.26. The summed E-state index contributed by atoms with van der Waals surface area (Å²) in [5, 5.41) is 2.97. The van der Waals surface area contributed by atoms with E-state index in [-0.39, 0.29) is 5.92 Å². The molecule has 0 aliphatic rings. The lowest BCUT2D eigenvalue weighted by Crippen LogP contribution is -2.30. The third kappa shape index (κ3) is 4.47. The molecule has 0 aromatic carbocycles. The van der Waals surface area contributed by atoms with E-state index in [1.807, 2.05) is 26.0 Å². The van der Waals surface area contributed by atoms with Crippen LogP contribution < -0.4 is 5.32 Å². The van der Waals surface area contributed by atoms with E-state index in [9.17, 15) is 4.79 Å². The molecular weight excluding hydrogens is 128 g/mol. The molecular formula is C7H16N2O. The van der Waals surface area contributed by atoms with Crippen molar-refractivity contribution in [2.75, 3.05) is 34.2 Å². The minimum Gasteiger partial charge on any atom is -0.319 e. The highest BCUT2D eigenvalue weighted by Crippen LogP contribution is 1.90. The minimum atomic E-state index is 0.125. The molecule has 0 aromatic rings. The van der Waals surface area contributed by atoms with Crippen LogP contribution in [-0.4, -0.2) is 45.4 Å². The molecule has 1 atom stereocenters. The van der Waals surface area contributed by atoms with E-state index >= 15 is 0 Å². The van der Waals surface area contributed by atoms with Gasteiger partial charge in [0.05, 0.1) is 0 Å². The number of aldehydes is 1. The lowest BCUT2D eigenvalue weighted by atomic mass is 10.1. The van der Waals surface area contributed by atoms with E-state index in [0.29, 0.717) is 0 Å². The highest BCUT2D eigenvalue weighted by molar-refractivity contribution is 5.54. The molecule has 3 nitrogen and oxygen atoms in total. The number of nitrogens with one attached hydrogen (secondary N) is 1. The standard InChI is InChI=1S/C7H16N2O/c1-8-4-7(6-10)5-9(2)3/h6-8H,4-5H2,1-3H3. The van der Waals surface area contributed by atoms with E-state index in [0.717, 1.165) is 19.4 Å². The Labute approximate surface area is 62.4 Å². The largest absolute Gasteiger partial charge is 0.319 e. The molecule has 0 aromatic heterocycles. The second kappa shape index (κ2) is 5.38. The molecule has 0 saturated heterocycles. The Kier molecular flexibility index (Phi) is 5.16. The fraction of sp³-hybridized carbons (Fsp3) is 0.857. The number of carbonyl (C=O) groups is 1. The topological polar surface area (TPSA) is 32.3 Å². The van der Waals surface area contributed by atoms with Crippen LogP contribution in [0.5, 0.6) is 0 Å². The van der Waals surface area contributed by atoms with Crippen molar-refractivity contribution in [2.45, 2.75) is 0 Å². The molecule has 1 unspecified atom stereocenters. The van der Waals surface area contributed by atoms with Crippen molar-refractivity contribution in [1.29, 1.82) is 0 Å². The van der Waals surface area contributed by atoms with E-state index in [1.165, 1.54) is 0 Å². The van der Waals surface area contributed by atoms with E-state index in [1.54, 1.807) is 0 Å². The molecule has 1 N–H and O–H groups in total. The Hall–Kier alpha value is -0.410. The van der Waals surface area contributed by atoms with Gasteiger partial charge in [0.15, 0.2) is 0 Å². The van der Waals surface area contributed by atoms with Crippen LogP contribution in [-0.2, 0) is 4.79 Å². The summed E-state index contributed by atoms with van der Waals surface area (Å²) < 4.78 is 0. The van der Waals surface area contributed by atoms with Gasteiger partial charge in [0, 0.05) is 19.0 Å². The molecule has 0 heterocycles. The Balaban J connectivity index is 3.49. The second-order valence-electron chi connectivity index (χ2n) is 2.72. The first-order valence-electron chi connectivity index (χ1n) is 3.45. The zero-order valence-corrected chi connectivity index (χ0v) is 6.92. The molecule has 0 saturated carbocycles. The first-order valence-corrected chi connectivity index (χ1v) is 3.45. The fourth-order valence-corrected chi connectivity index (χ4v) is 0.887. The Morgan fingerprint density at radius 1 is 1.60 bits per heavy atom. The van der Waals surface area contributed by atoms with Gasteiger partial charge in [-0.25, -0.2) is 0 Å². The van der Waals surface area contributed by atoms with E-state index < -0.39 is 0 Å². The van der Waals surface area contributed by atoms with E-state index in [4.69, 9.17) is 0 Å². The molecule has 0 bridgehead atoms. The number of rotatable bonds is 5. The summed E-state index contributed by atoms with van der Waals surface area (Å²) in [6.45, 7) is 1.59. The van der Waals surface area contributed by atoms with Gasteiger partial charge in [0.25, 0.3) is 0 Å². The van der Waals surface area contributed by atoms with Gasteiger partial charge in [-0.3, -0.25) is 0 Å². The molecule has 0 amide bonds. The number of hydrogen-bond acceptors (Lipinski definition) is 3. The predicted molar refractivity (Wildman–Crippen MR) is 42.0 cm³/mol. The SMILES string of the molecule is CNCC(C=O)CN(C)C. The fourth-order valence-electron chi connectivity index (χ4n) is 0.887. The molecule has 0 radical (unpaired) electrons. The van der Waals surface area contributed by atoms with Crippen molar-refractivity contribution in [3.8, 4) is 0 Å². The maximum Gasteiger partial charge on any atom is 0.125 e. The molecule has 0 rings (SSSR count). The molecule has 0 aliphatic heterocycles. The smallest absolute Gasteiger partial charge is 0.125 e. The average Bonchev–Trinajstić information content (AvgIpc) is 1.86. The Bertz CT molecular complexity index is 93.6. The van der Waals surface area contributed by atoms with Crippen molar-refractivity contribution in [1.82, 2.24) is 10.2 Å².